The Labute approximate surface area is 295 Å². The van der Waals surface area contributed by atoms with Crippen LogP contribution in [0, 0.1) is 0 Å². The number of hydrogen-bond acceptors (Lipinski definition) is 4. The molecule has 2 aromatic heterocycles. The summed E-state index contributed by atoms with van der Waals surface area (Å²) in [6.45, 7) is 0. The monoisotopic (exact) mass is 653 g/mol. The minimum absolute atomic E-state index is 0.661. The van der Waals surface area contributed by atoms with Gasteiger partial charge in [-0.1, -0.05) is 140 Å². The summed E-state index contributed by atoms with van der Waals surface area (Å²) in [6.07, 6.45) is 8.54. The summed E-state index contributed by atoms with van der Waals surface area (Å²) in [4.78, 5) is 15.1. The van der Waals surface area contributed by atoms with Crippen molar-refractivity contribution in [1.82, 2.24) is 15.0 Å². The molecule has 4 nitrogen and oxygen atoms in total. The van der Waals surface area contributed by atoms with Crippen molar-refractivity contribution >= 4 is 49.1 Å². The van der Waals surface area contributed by atoms with Gasteiger partial charge in [-0.05, 0) is 80.9 Å². The van der Waals surface area contributed by atoms with Crippen LogP contribution in [-0.2, 0) is 0 Å². The van der Waals surface area contributed by atoms with Gasteiger partial charge in [0.25, 0.3) is 0 Å². The normalized spacial score (nSPS) is 13.0. The molecule has 0 N–H and O–H groups in total. The highest BCUT2D eigenvalue weighted by molar-refractivity contribution is 6.17. The van der Waals surface area contributed by atoms with Crippen LogP contribution in [0.2, 0.25) is 0 Å². The van der Waals surface area contributed by atoms with Gasteiger partial charge in [0.1, 0.15) is 11.2 Å². The van der Waals surface area contributed by atoms with Gasteiger partial charge in [-0.3, -0.25) is 0 Å². The number of nitrogens with zero attached hydrogens (tertiary/aromatic N) is 3. The fraction of sp³-hybridized carbons (Fsp3) is 0.0426. The highest BCUT2D eigenvalue weighted by Gasteiger charge is 2.19. The Hall–Kier alpha value is -6.65. The number of benzene rings is 7. The Morgan fingerprint density at radius 3 is 2.00 bits per heavy atom. The Bertz CT molecular complexity index is 2860. The third-order valence-electron chi connectivity index (χ3n) is 9.97. The third kappa shape index (κ3) is 5.03. The van der Waals surface area contributed by atoms with E-state index in [4.69, 9.17) is 19.4 Å². The third-order valence-corrected chi connectivity index (χ3v) is 9.97. The largest absolute Gasteiger partial charge is 0.456 e. The Morgan fingerprint density at radius 1 is 0.431 bits per heavy atom. The zero-order chi connectivity index (χ0) is 33.7. The molecule has 0 bridgehead atoms. The van der Waals surface area contributed by atoms with Crippen molar-refractivity contribution < 1.29 is 4.42 Å². The predicted octanol–water partition coefficient (Wildman–Crippen LogP) is 12.5. The van der Waals surface area contributed by atoms with Crippen molar-refractivity contribution in [2.75, 3.05) is 0 Å². The van der Waals surface area contributed by atoms with E-state index in [1.54, 1.807) is 0 Å². The average Bonchev–Trinajstić information content (AvgIpc) is 3.59. The maximum absolute atomic E-state index is 6.58. The molecule has 4 heteroatoms. The van der Waals surface area contributed by atoms with E-state index < -0.39 is 0 Å². The van der Waals surface area contributed by atoms with Crippen molar-refractivity contribution in [3.63, 3.8) is 0 Å². The molecule has 0 amide bonds. The lowest BCUT2D eigenvalue weighted by molar-refractivity contribution is 0.669. The molecule has 51 heavy (non-hydrogen) atoms. The fourth-order valence-electron chi connectivity index (χ4n) is 7.54. The van der Waals surface area contributed by atoms with E-state index >= 15 is 0 Å². The van der Waals surface area contributed by atoms with Crippen molar-refractivity contribution in [3.05, 3.63) is 170 Å². The second-order valence-corrected chi connectivity index (χ2v) is 13.0. The lowest BCUT2D eigenvalue weighted by Crippen LogP contribution is -2.03. The first-order chi connectivity index (χ1) is 25.3. The van der Waals surface area contributed by atoms with Crippen LogP contribution in [0.5, 0.6) is 0 Å². The smallest absolute Gasteiger partial charge is 0.164 e. The van der Waals surface area contributed by atoms with Gasteiger partial charge in [0.15, 0.2) is 17.5 Å². The molecule has 0 radical (unpaired) electrons. The zero-order valence-corrected chi connectivity index (χ0v) is 27.8. The summed E-state index contributed by atoms with van der Waals surface area (Å²) < 4.78 is 6.58. The van der Waals surface area contributed by atoms with Crippen molar-refractivity contribution in [2.24, 2.45) is 0 Å². The molecule has 0 saturated carbocycles. The molecule has 0 aliphatic heterocycles. The van der Waals surface area contributed by atoms with Gasteiger partial charge < -0.3 is 4.42 Å². The molecule has 0 unspecified atom stereocenters. The highest BCUT2D eigenvalue weighted by atomic mass is 16.3. The van der Waals surface area contributed by atoms with E-state index in [2.05, 4.69) is 146 Å². The summed E-state index contributed by atoms with van der Waals surface area (Å²) in [7, 11) is 0. The summed E-state index contributed by atoms with van der Waals surface area (Å²) in [5.41, 5.74) is 9.32. The van der Waals surface area contributed by atoms with Gasteiger partial charge in [0.05, 0.1) is 0 Å². The first-order valence-electron chi connectivity index (χ1n) is 17.4. The molecule has 1 aliphatic carbocycles. The van der Waals surface area contributed by atoms with E-state index in [-0.39, 0.29) is 0 Å². The molecule has 0 saturated heterocycles. The van der Waals surface area contributed by atoms with Crippen LogP contribution < -0.4 is 0 Å². The number of aromatic nitrogens is 3. The fourth-order valence-corrected chi connectivity index (χ4v) is 7.54. The Morgan fingerprint density at radius 2 is 1.14 bits per heavy atom. The summed E-state index contributed by atoms with van der Waals surface area (Å²) in [6, 6.07) is 51.1. The highest BCUT2D eigenvalue weighted by Crippen LogP contribution is 2.42. The van der Waals surface area contributed by atoms with Crippen LogP contribution in [0.1, 0.15) is 18.7 Å². The lowest BCUT2D eigenvalue weighted by Gasteiger charge is -2.14. The SMILES string of the molecule is C1=CC(c2nc(-c3ccccc3)nc(-c3ccc(-c4cccc5oc6cc(-c7cccc8ccccc78)ccc6c45)c4ccccc34)n2)=CCC1. The molecular formula is C47H31N3O. The standard InChI is InChI=1S/C47H31N3O/c1-3-14-31(15-4-1)45-48-46(32-16-5-2-6-17-32)50-47(49-45)40-28-27-38(36-20-9-10-21-37(36)40)39-23-12-24-42-44(39)41-26-25-33(29-43(41)51-42)35-22-11-18-30-13-7-8-19-34(30)35/h1,3-5,7-29H,2,6H2. The second kappa shape index (κ2) is 12.0. The van der Waals surface area contributed by atoms with E-state index in [0.717, 1.165) is 78.9 Å². The second-order valence-electron chi connectivity index (χ2n) is 13.0. The van der Waals surface area contributed by atoms with E-state index in [9.17, 15) is 0 Å². The van der Waals surface area contributed by atoms with Crippen LogP contribution in [0.3, 0.4) is 0 Å². The number of rotatable bonds is 5. The molecule has 7 aromatic carbocycles. The quantitative estimate of drug-likeness (QED) is 0.185. The summed E-state index contributed by atoms with van der Waals surface area (Å²) >= 11 is 0. The van der Waals surface area contributed by atoms with Gasteiger partial charge in [-0.15, -0.1) is 0 Å². The van der Waals surface area contributed by atoms with Crippen LogP contribution in [-0.4, -0.2) is 15.0 Å². The Balaban J connectivity index is 1.14. The van der Waals surface area contributed by atoms with Gasteiger partial charge in [0.2, 0.25) is 0 Å². The molecule has 240 valence electrons. The van der Waals surface area contributed by atoms with Crippen molar-refractivity contribution in [2.45, 2.75) is 12.8 Å². The molecule has 2 heterocycles. The first kappa shape index (κ1) is 29.3. The van der Waals surface area contributed by atoms with Crippen LogP contribution in [0.15, 0.2) is 168 Å². The first-order valence-corrected chi connectivity index (χ1v) is 17.4. The summed E-state index contributed by atoms with van der Waals surface area (Å²) in [5, 5.41) is 6.88. The van der Waals surface area contributed by atoms with Gasteiger partial charge >= 0.3 is 0 Å². The molecule has 1 aliphatic rings. The molecular weight excluding hydrogens is 623 g/mol. The number of furan rings is 1. The molecule has 0 fully saturated rings. The summed E-state index contributed by atoms with van der Waals surface area (Å²) in [5.74, 6) is 2.02. The Kier molecular flexibility index (Phi) is 6.91. The van der Waals surface area contributed by atoms with Crippen LogP contribution in [0.25, 0.3) is 94.1 Å². The van der Waals surface area contributed by atoms with E-state index in [1.807, 2.05) is 18.2 Å². The minimum atomic E-state index is 0.661. The van der Waals surface area contributed by atoms with Crippen LogP contribution >= 0.6 is 0 Å². The van der Waals surface area contributed by atoms with Gasteiger partial charge in [-0.25, -0.2) is 15.0 Å². The number of hydrogen-bond donors (Lipinski definition) is 0. The van der Waals surface area contributed by atoms with Crippen molar-refractivity contribution in [3.8, 4) is 45.0 Å². The zero-order valence-electron chi connectivity index (χ0n) is 27.8. The minimum Gasteiger partial charge on any atom is -0.456 e. The topological polar surface area (TPSA) is 51.8 Å². The molecule has 0 atom stereocenters. The molecule has 10 rings (SSSR count). The number of fused-ring (bicyclic) bond motifs is 5. The van der Waals surface area contributed by atoms with Gasteiger partial charge in [-0.2, -0.15) is 0 Å². The molecule has 0 spiro atoms. The maximum Gasteiger partial charge on any atom is 0.164 e. The maximum atomic E-state index is 6.58. The van der Waals surface area contributed by atoms with Gasteiger partial charge in [0, 0.05) is 27.5 Å². The van der Waals surface area contributed by atoms with Crippen molar-refractivity contribution in [1.29, 1.82) is 0 Å². The van der Waals surface area contributed by atoms with E-state index in [1.165, 1.54) is 16.3 Å². The lowest BCUT2D eigenvalue weighted by atomic mass is 9.92. The molecule has 9 aromatic rings. The van der Waals surface area contributed by atoms with E-state index in [0.29, 0.717) is 17.5 Å². The number of allylic oxidation sites excluding steroid dienone is 4. The predicted molar refractivity (Wildman–Crippen MR) is 210 cm³/mol. The van der Waals surface area contributed by atoms with Crippen LogP contribution in [0.4, 0.5) is 0 Å². The average molecular weight is 654 g/mol.